The second-order valence-corrected chi connectivity index (χ2v) is 5.28. The zero-order valence-electron chi connectivity index (χ0n) is 8.45. The van der Waals surface area contributed by atoms with E-state index >= 15 is 0 Å². The van der Waals surface area contributed by atoms with Gasteiger partial charge >= 0.3 is 0 Å². The number of rotatable bonds is 3. The molecule has 2 unspecified atom stereocenters. The fourth-order valence-electron chi connectivity index (χ4n) is 0.945. The van der Waals surface area contributed by atoms with E-state index < -0.39 is 21.4 Å². The van der Waals surface area contributed by atoms with Crippen molar-refractivity contribution in [1.29, 1.82) is 0 Å². The van der Waals surface area contributed by atoms with Gasteiger partial charge in [0, 0.05) is 12.4 Å². The fraction of sp³-hybridized carbons (Fsp3) is 0.500. The van der Waals surface area contributed by atoms with E-state index in [-0.39, 0.29) is 5.82 Å². The Balaban J connectivity index is 2.95. The van der Waals surface area contributed by atoms with Crippen LogP contribution in [0.25, 0.3) is 0 Å². The van der Waals surface area contributed by atoms with E-state index in [1.807, 2.05) is 0 Å². The van der Waals surface area contributed by atoms with Crippen molar-refractivity contribution < 1.29 is 13.5 Å². The number of nitrogens with two attached hydrogens (primary N) is 1. The lowest BCUT2D eigenvalue weighted by atomic mass is 10.2. The third-order valence-corrected chi connectivity index (χ3v) is 3.32. The highest BCUT2D eigenvalue weighted by Gasteiger charge is 2.27. The Morgan fingerprint density at radius 2 is 1.87 bits per heavy atom. The first-order chi connectivity index (χ1) is 6.82. The van der Waals surface area contributed by atoms with Gasteiger partial charge in [-0.25, -0.2) is 23.5 Å². The molecule has 0 radical (unpaired) electrons. The number of aliphatic hydroxyl groups excluding tert-OH is 1. The highest BCUT2D eigenvalue weighted by atomic mass is 32.2. The summed E-state index contributed by atoms with van der Waals surface area (Å²) in [7, 11) is -3.79. The van der Waals surface area contributed by atoms with Gasteiger partial charge in [0.15, 0.2) is 5.82 Å². The molecule has 0 bridgehead atoms. The third kappa shape index (κ3) is 2.95. The molecule has 1 rings (SSSR count). The average molecular weight is 231 g/mol. The van der Waals surface area contributed by atoms with Crippen molar-refractivity contribution in [2.45, 2.75) is 25.2 Å². The monoisotopic (exact) mass is 231 g/mol. The summed E-state index contributed by atoms with van der Waals surface area (Å²) < 4.78 is 22.0. The number of nitrogens with zero attached hydrogens (tertiary/aromatic N) is 2. The summed E-state index contributed by atoms with van der Waals surface area (Å²) in [5.41, 5.74) is 0.828. The number of aromatic nitrogens is 2. The zero-order valence-corrected chi connectivity index (χ0v) is 9.27. The van der Waals surface area contributed by atoms with Crippen LogP contribution >= 0.6 is 0 Å². The van der Waals surface area contributed by atoms with Gasteiger partial charge < -0.3 is 5.11 Å². The lowest BCUT2D eigenvalue weighted by Crippen LogP contribution is -2.32. The van der Waals surface area contributed by atoms with E-state index in [1.54, 1.807) is 6.92 Å². The van der Waals surface area contributed by atoms with Crippen molar-refractivity contribution in [1.82, 2.24) is 9.97 Å². The first-order valence-electron chi connectivity index (χ1n) is 4.30. The van der Waals surface area contributed by atoms with Gasteiger partial charge in [0.2, 0.25) is 10.0 Å². The highest BCUT2D eigenvalue weighted by Crippen LogP contribution is 2.16. The third-order valence-electron chi connectivity index (χ3n) is 2.03. The molecule has 2 atom stereocenters. The summed E-state index contributed by atoms with van der Waals surface area (Å²) in [6, 6.07) is 0. The van der Waals surface area contributed by atoms with Gasteiger partial charge in [-0.3, -0.25) is 0 Å². The number of hydrogen-bond acceptors (Lipinski definition) is 5. The van der Waals surface area contributed by atoms with Crippen molar-refractivity contribution in [3.8, 4) is 0 Å². The molecular formula is C8H13N3O3S. The Hall–Kier alpha value is -1.05. The van der Waals surface area contributed by atoms with Gasteiger partial charge in [-0.15, -0.1) is 0 Å². The molecule has 7 heteroatoms. The lowest BCUT2D eigenvalue weighted by Gasteiger charge is -2.15. The SMILES string of the molecule is Cc1cnc(C(O)C(C)S(N)(=O)=O)nc1. The minimum atomic E-state index is -3.79. The van der Waals surface area contributed by atoms with E-state index in [0.717, 1.165) is 5.56 Å². The van der Waals surface area contributed by atoms with Crippen LogP contribution in [0.15, 0.2) is 12.4 Å². The van der Waals surface area contributed by atoms with Crippen LogP contribution in [0.2, 0.25) is 0 Å². The minimum absolute atomic E-state index is 0.0575. The molecular weight excluding hydrogens is 218 g/mol. The summed E-state index contributed by atoms with van der Waals surface area (Å²) in [6.45, 7) is 3.10. The predicted octanol–water partition coefficient (Wildman–Crippen LogP) is -0.505. The van der Waals surface area contributed by atoms with Crippen LogP contribution in [-0.4, -0.2) is 28.7 Å². The maximum atomic E-state index is 11.0. The molecule has 0 spiro atoms. The largest absolute Gasteiger partial charge is 0.384 e. The van der Waals surface area contributed by atoms with Gasteiger partial charge in [0.05, 0.1) is 0 Å². The van der Waals surface area contributed by atoms with Crippen molar-refractivity contribution >= 4 is 10.0 Å². The number of sulfonamides is 1. The Morgan fingerprint density at radius 1 is 1.40 bits per heavy atom. The molecule has 0 fully saturated rings. The number of primary sulfonamides is 1. The Bertz CT molecular complexity index is 429. The molecule has 3 N–H and O–H groups in total. The van der Waals surface area contributed by atoms with Gasteiger partial charge in [-0.2, -0.15) is 0 Å². The molecule has 0 aliphatic heterocycles. The van der Waals surface area contributed by atoms with E-state index in [0.29, 0.717) is 0 Å². The molecule has 84 valence electrons. The van der Waals surface area contributed by atoms with Crippen molar-refractivity contribution in [3.05, 3.63) is 23.8 Å². The topological polar surface area (TPSA) is 106 Å². The van der Waals surface area contributed by atoms with E-state index in [9.17, 15) is 13.5 Å². The predicted molar refractivity (Wildman–Crippen MR) is 54.3 cm³/mol. The molecule has 1 aromatic heterocycles. The van der Waals surface area contributed by atoms with Gasteiger partial charge in [0.1, 0.15) is 11.4 Å². The van der Waals surface area contributed by atoms with Crippen LogP contribution in [0, 0.1) is 6.92 Å². The van der Waals surface area contributed by atoms with Crippen LogP contribution in [-0.2, 0) is 10.0 Å². The molecule has 1 aromatic rings. The van der Waals surface area contributed by atoms with Crippen molar-refractivity contribution in [2.75, 3.05) is 0 Å². The molecule has 0 saturated heterocycles. The second kappa shape index (κ2) is 4.21. The average Bonchev–Trinajstić information content (AvgIpc) is 2.15. The first-order valence-corrected chi connectivity index (χ1v) is 5.91. The first kappa shape index (κ1) is 12.0. The number of hydrogen-bond donors (Lipinski definition) is 2. The molecule has 1 heterocycles. The molecule has 0 saturated carbocycles. The number of aliphatic hydroxyl groups is 1. The summed E-state index contributed by atoms with van der Waals surface area (Å²) >= 11 is 0. The lowest BCUT2D eigenvalue weighted by molar-refractivity contribution is 0.166. The minimum Gasteiger partial charge on any atom is -0.384 e. The molecule has 0 aliphatic rings. The summed E-state index contributed by atoms with van der Waals surface area (Å²) in [5.74, 6) is 0.0575. The summed E-state index contributed by atoms with van der Waals surface area (Å²) in [5, 5.41) is 13.4. The normalized spacial score (nSPS) is 16.0. The standard InChI is InChI=1S/C8H13N3O3S/c1-5-3-10-8(11-4-5)7(12)6(2)15(9,13)14/h3-4,6-7,12H,1-2H3,(H2,9,13,14). The Kier molecular flexibility index (Phi) is 3.38. The molecule has 6 nitrogen and oxygen atoms in total. The van der Waals surface area contributed by atoms with Crippen LogP contribution in [0.1, 0.15) is 24.4 Å². The van der Waals surface area contributed by atoms with Gasteiger partial charge in [-0.1, -0.05) is 0 Å². The Morgan fingerprint density at radius 3 is 2.27 bits per heavy atom. The molecule has 15 heavy (non-hydrogen) atoms. The van der Waals surface area contributed by atoms with Crippen LogP contribution in [0.5, 0.6) is 0 Å². The van der Waals surface area contributed by atoms with Gasteiger partial charge in [0.25, 0.3) is 0 Å². The maximum Gasteiger partial charge on any atom is 0.214 e. The van der Waals surface area contributed by atoms with E-state index in [1.165, 1.54) is 19.3 Å². The quantitative estimate of drug-likeness (QED) is 0.729. The second-order valence-electron chi connectivity index (χ2n) is 3.36. The molecule has 0 aliphatic carbocycles. The van der Waals surface area contributed by atoms with E-state index in [4.69, 9.17) is 5.14 Å². The molecule has 0 amide bonds. The fourth-order valence-corrected chi connectivity index (χ4v) is 1.43. The van der Waals surface area contributed by atoms with Crippen molar-refractivity contribution in [3.63, 3.8) is 0 Å². The van der Waals surface area contributed by atoms with E-state index in [2.05, 4.69) is 9.97 Å². The molecule has 0 aromatic carbocycles. The van der Waals surface area contributed by atoms with Crippen molar-refractivity contribution in [2.24, 2.45) is 5.14 Å². The van der Waals surface area contributed by atoms with Gasteiger partial charge in [-0.05, 0) is 19.4 Å². The highest BCUT2D eigenvalue weighted by molar-refractivity contribution is 7.89. The van der Waals surface area contributed by atoms with Crippen LogP contribution < -0.4 is 5.14 Å². The zero-order chi connectivity index (χ0) is 11.6. The Labute approximate surface area is 88.2 Å². The maximum absolute atomic E-state index is 11.0. The van der Waals surface area contributed by atoms with Crippen LogP contribution in [0.4, 0.5) is 0 Å². The summed E-state index contributed by atoms with van der Waals surface area (Å²) in [6.07, 6.45) is 1.70. The van der Waals surface area contributed by atoms with Crippen LogP contribution in [0.3, 0.4) is 0 Å². The number of aryl methyl sites for hydroxylation is 1. The smallest absolute Gasteiger partial charge is 0.214 e. The summed E-state index contributed by atoms with van der Waals surface area (Å²) in [4.78, 5) is 7.66.